The molecular weight excluding hydrogens is 298 g/mol. The first-order valence-corrected chi connectivity index (χ1v) is 7.77. The number of hydrogen-bond donors (Lipinski definition) is 0. The van der Waals surface area contributed by atoms with Crippen LogP contribution in [0.1, 0.15) is 15.9 Å². The number of piperazine rings is 1. The van der Waals surface area contributed by atoms with E-state index >= 15 is 0 Å². The molecule has 0 atom stereocenters. The maximum absolute atomic E-state index is 12.4. The van der Waals surface area contributed by atoms with Gasteiger partial charge in [0.15, 0.2) is 0 Å². The van der Waals surface area contributed by atoms with Gasteiger partial charge in [-0.3, -0.25) is 14.7 Å². The molecule has 1 aromatic carbocycles. The highest BCUT2D eigenvalue weighted by Gasteiger charge is 2.22. The van der Waals surface area contributed by atoms with E-state index in [0.717, 1.165) is 43.3 Å². The van der Waals surface area contributed by atoms with Crippen molar-refractivity contribution < 1.29 is 4.79 Å². The van der Waals surface area contributed by atoms with E-state index in [-0.39, 0.29) is 5.91 Å². The Morgan fingerprint density at radius 2 is 1.73 bits per heavy atom. The summed E-state index contributed by atoms with van der Waals surface area (Å²) < 4.78 is 0. The molecule has 5 heteroatoms. The summed E-state index contributed by atoms with van der Waals surface area (Å²) in [6.07, 6.45) is 3.31. The fourth-order valence-electron chi connectivity index (χ4n) is 2.65. The van der Waals surface area contributed by atoms with Crippen LogP contribution < -0.4 is 0 Å². The van der Waals surface area contributed by atoms with Gasteiger partial charge in [-0.1, -0.05) is 29.8 Å². The molecule has 1 aliphatic heterocycles. The fraction of sp³-hybridized carbons (Fsp3) is 0.294. The Morgan fingerprint density at radius 3 is 2.41 bits per heavy atom. The van der Waals surface area contributed by atoms with Crippen molar-refractivity contribution in [3.05, 3.63) is 64.9 Å². The van der Waals surface area contributed by atoms with E-state index in [1.807, 2.05) is 23.1 Å². The van der Waals surface area contributed by atoms with Crippen LogP contribution in [0.25, 0.3) is 0 Å². The average Bonchev–Trinajstić information content (AvgIpc) is 2.58. The zero-order valence-electron chi connectivity index (χ0n) is 12.3. The number of amides is 1. The Hall–Kier alpha value is -1.91. The number of hydrogen-bond acceptors (Lipinski definition) is 3. The SMILES string of the molecule is O=C(c1ccncc1)N1CCN(Cc2ccccc2Cl)CC1. The van der Waals surface area contributed by atoms with Gasteiger partial charge in [-0.15, -0.1) is 0 Å². The number of aromatic nitrogens is 1. The van der Waals surface area contributed by atoms with E-state index in [9.17, 15) is 4.79 Å². The molecule has 3 rings (SSSR count). The zero-order valence-corrected chi connectivity index (χ0v) is 13.0. The van der Waals surface area contributed by atoms with Crippen molar-refractivity contribution in [2.75, 3.05) is 26.2 Å². The molecule has 0 bridgehead atoms. The van der Waals surface area contributed by atoms with Gasteiger partial charge in [-0.25, -0.2) is 0 Å². The third-order valence-corrected chi connectivity index (χ3v) is 4.31. The van der Waals surface area contributed by atoms with Crippen molar-refractivity contribution in [1.82, 2.24) is 14.8 Å². The van der Waals surface area contributed by atoms with Gasteiger partial charge >= 0.3 is 0 Å². The van der Waals surface area contributed by atoms with E-state index < -0.39 is 0 Å². The summed E-state index contributed by atoms with van der Waals surface area (Å²) in [5, 5.41) is 0.804. The van der Waals surface area contributed by atoms with Crippen LogP contribution in [0, 0.1) is 0 Å². The second-order valence-electron chi connectivity index (χ2n) is 5.40. The van der Waals surface area contributed by atoms with Crippen LogP contribution in [0.3, 0.4) is 0 Å². The second-order valence-corrected chi connectivity index (χ2v) is 5.80. The average molecular weight is 316 g/mol. The minimum absolute atomic E-state index is 0.0831. The predicted octanol–water partition coefficient (Wildman–Crippen LogP) is 2.69. The van der Waals surface area contributed by atoms with E-state index in [4.69, 9.17) is 11.6 Å². The molecule has 2 heterocycles. The molecule has 4 nitrogen and oxygen atoms in total. The van der Waals surface area contributed by atoms with Crippen LogP contribution in [0.5, 0.6) is 0 Å². The second kappa shape index (κ2) is 6.90. The van der Waals surface area contributed by atoms with E-state index in [1.165, 1.54) is 0 Å². The van der Waals surface area contributed by atoms with E-state index in [1.54, 1.807) is 24.5 Å². The van der Waals surface area contributed by atoms with Crippen molar-refractivity contribution in [3.63, 3.8) is 0 Å². The molecule has 1 amide bonds. The van der Waals surface area contributed by atoms with Crippen molar-refractivity contribution in [1.29, 1.82) is 0 Å². The summed E-state index contributed by atoms with van der Waals surface area (Å²) in [7, 11) is 0. The van der Waals surface area contributed by atoms with Crippen LogP contribution >= 0.6 is 11.6 Å². The van der Waals surface area contributed by atoms with Crippen LogP contribution in [0.15, 0.2) is 48.8 Å². The lowest BCUT2D eigenvalue weighted by Gasteiger charge is -2.35. The molecule has 1 saturated heterocycles. The van der Waals surface area contributed by atoms with Crippen LogP contribution in [-0.4, -0.2) is 46.9 Å². The highest BCUT2D eigenvalue weighted by Crippen LogP contribution is 2.18. The first-order valence-electron chi connectivity index (χ1n) is 7.39. The van der Waals surface area contributed by atoms with Crippen molar-refractivity contribution in [3.8, 4) is 0 Å². The summed E-state index contributed by atoms with van der Waals surface area (Å²) in [4.78, 5) is 20.6. The zero-order chi connectivity index (χ0) is 15.4. The molecule has 0 saturated carbocycles. The minimum atomic E-state index is 0.0831. The molecule has 114 valence electrons. The maximum Gasteiger partial charge on any atom is 0.254 e. The molecular formula is C17H18ClN3O. The molecule has 1 aliphatic rings. The van der Waals surface area contributed by atoms with Gasteiger partial charge in [0.2, 0.25) is 0 Å². The van der Waals surface area contributed by atoms with Gasteiger partial charge < -0.3 is 4.90 Å². The van der Waals surface area contributed by atoms with Gasteiger partial charge in [0, 0.05) is 55.7 Å². The third-order valence-electron chi connectivity index (χ3n) is 3.94. The molecule has 0 N–H and O–H groups in total. The standard InChI is InChI=1S/C17H18ClN3O/c18-16-4-2-1-3-15(16)13-20-9-11-21(12-10-20)17(22)14-5-7-19-8-6-14/h1-8H,9-13H2. The van der Waals surface area contributed by atoms with Crippen LogP contribution in [-0.2, 0) is 6.54 Å². The largest absolute Gasteiger partial charge is 0.336 e. The Bertz CT molecular complexity index is 639. The Balaban J connectivity index is 1.57. The first kappa shape index (κ1) is 15.0. The predicted molar refractivity (Wildman–Crippen MR) is 86.9 cm³/mol. The summed E-state index contributed by atoms with van der Waals surface area (Å²) in [5.41, 5.74) is 1.84. The Morgan fingerprint density at radius 1 is 1.05 bits per heavy atom. The van der Waals surface area contributed by atoms with Gasteiger partial charge in [-0.2, -0.15) is 0 Å². The number of carbonyl (C=O) groups excluding carboxylic acids is 1. The highest BCUT2D eigenvalue weighted by molar-refractivity contribution is 6.31. The van der Waals surface area contributed by atoms with E-state index in [0.29, 0.717) is 5.56 Å². The number of carbonyl (C=O) groups is 1. The molecule has 1 aromatic heterocycles. The molecule has 2 aromatic rings. The Labute approximate surface area is 135 Å². The molecule has 0 spiro atoms. The number of benzene rings is 1. The van der Waals surface area contributed by atoms with Crippen molar-refractivity contribution in [2.45, 2.75) is 6.54 Å². The number of rotatable bonds is 3. The Kier molecular flexibility index (Phi) is 4.71. The fourth-order valence-corrected chi connectivity index (χ4v) is 2.85. The summed E-state index contributed by atoms with van der Waals surface area (Å²) in [6, 6.07) is 11.4. The third kappa shape index (κ3) is 3.46. The van der Waals surface area contributed by atoms with Crippen LogP contribution in [0.2, 0.25) is 5.02 Å². The van der Waals surface area contributed by atoms with Crippen LogP contribution in [0.4, 0.5) is 0 Å². The van der Waals surface area contributed by atoms with Gasteiger partial charge in [0.05, 0.1) is 0 Å². The van der Waals surface area contributed by atoms with Gasteiger partial charge in [0.25, 0.3) is 5.91 Å². The normalized spacial score (nSPS) is 15.8. The molecule has 1 fully saturated rings. The molecule has 0 aliphatic carbocycles. The number of nitrogens with zero attached hydrogens (tertiary/aromatic N) is 3. The summed E-state index contributed by atoms with van der Waals surface area (Å²) >= 11 is 6.21. The monoisotopic (exact) mass is 315 g/mol. The lowest BCUT2D eigenvalue weighted by Crippen LogP contribution is -2.48. The molecule has 0 radical (unpaired) electrons. The topological polar surface area (TPSA) is 36.4 Å². The summed E-state index contributed by atoms with van der Waals surface area (Å²) in [5.74, 6) is 0.0831. The smallest absolute Gasteiger partial charge is 0.254 e. The molecule has 0 unspecified atom stereocenters. The summed E-state index contributed by atoms with van der Waals surface area (Å²) in [6.45, 7) is 4.04. The van der Waals surface area contributed by atoms with Gasteiger partial charge in [-0.05, 0) is 23.8 Å². The van der Waals surface area contributed by atoms with Crippen molar-refractivity contribution in [2.24, 2.45) is 0 Å². The minimum Gasteiger partial charge on any atom is -0.336 e. The molecule has 22 heavy (non-hydrogen) atoms. The highest BCUT2D eigenvalue weighted by atomic mass is 35.5. The maximum atomic E-state index is 12.4. The lowest BCUT2D eigenvalue weighted by molar-refractivity contribution is 0.0628. The van der Waals surface area contributed by atoms with Gasteiger partial charge in [0.1, 0.15) is 0 Å². The number of halogens is 1. The quantitative estimate of drug-likeness (QED) is 0.874. The van der Waals surface area contributed by atoms with Crippen molar-refractivity contribution >= 4 is 17.5 Å². The first-order chi connectivity index (χ1) is 10.7. The van der Waals surface area contributed by atoms with E-state index in [2.05, 4.69) is 16.0 Å². The lowest BCUT2D eigenvalue weighted by atomic mass is 10.2. The number of pyridine rings is 1.